The minimum Gasteiger partial charge on any atom is -0.352 e. The molecule has 0 radical (unpaired) electrons. The van der Waals surface area contributed by atoms with Crippen molar-refractivity contribution in [1.82, 2.24) is 10.2 Å². The highest BCUT2D eigenvalue weighted by Crippen LogP contribution is 2.28. The molecule has 240 valence electrons. The molecular weight excluding hydrogens is 641 g/mol. The smallest absolute Gasteiger partial charge is 0.264 e. The number of sulfonamides is 1. The van der Waals surface area contributed by atoms with E-state index in [1.54, 1.807) is 18.2 Å². The van der Waals surface area contributed by atoms with Gasteiger partial charge in [-0.1, -0.05) is 102 Å². The Morgan fingerprint density at radius 2 is 1.50 bits per heavy atom. The molecule has 4 aromatic rings. The second kappa shape index (κ2) is 15.2. The largest absolute Gasteiger partial charge is 0.352 e. The third-order valence-electron chi connectivity index (χ3n) is 8.18. The standard InChI is InChI=1S/C36H37Cl2N3O4S/c1-26-9-7-12-28(21-26)24-40(34(22-27-10-3-2-4-11-27)36(43)39-31-14-5-6-15-31)35(42)25-41(32-16-8-13-30(38)23-32)46(44,45)33-19-17-29(37)18-20-33/h2-4,7-13,16-21,23,31,34H,5-6,14-15,22,24-25H2,1H3,(H,39,43)/t34-/m1/s1. The summed E-state index contributed by atoms with van der Waals surface area (Å²) in [5.74, 6) is -0.784. The van der Waals surface area contributed by atoms with Gasteiger partial charge >= 0.3 is 0 Å². The topological polar surface area (TPSA) is 86.8 Å². The third-order valence-corrected chi connectivity index (χ3v) is 10.5. The molecule has 46 heavy (non-hydrogen) atoms. The maximum atomic E-state index is 14.6. The Labute approximate surface area is 281 Å². The van der Waals surface area contributed by atoms with Gasteiger partial charge in [-0.05, 0) is 73.4 Å². The molecule has 0 saturated heterocycles. The van der Waals surface area contributed by atoms with E-state index in [2.05, 4.69) is 5.32 Å². The summed E-state index contributed by atoms with van der Waals surface area (Å²) in [5.41, 5.74) is 2.94. The number of rotatable bonds is 12. The van der Waals surface area contributed by atoms with Crippen LogP contribution < -0.4 is 9.62 Å². The normalized spacial score (nSPS) is 14.1. The SMILES string of the molecule is Cc1cccc(CN(C(=O)CN(c2cccc(Cl)c2)S(=O)(=O)c2ccc(Cl)cc2)[C@H](Cc2ccccc2)C(=O)NC2CCCC2)c1. The molecule has 1 fully saturated rings. The van der Waals surface area contributed by atoms with Crippen LogP contribution >= 0.6 is 23.2 Å². The van der Waals surface area contributed by atoms with Crippen molar-refractivity contribution in [3.05, 3.63) is 130 Å². The zero-order chi connectivity index (χ0) is 32.7. The highest BCUT2D eigenvalue weighted by Gasteiger charge is 2.35. The van der Waals surface area contributed by atoms with E-state index >= 15 is 0 Å². The Balaban J connectivity index is 1.57. The van der Waals surface area contributed by atoms with Crippen LogP contribution in [0.4, 0.5) is 5.69 Å². The summed E-state index contributed by atoms with van der Waals surface area (Å²) in [5, 5.41) is 3.89. The number of carbonyl (C=O) groups is 2. The first-order chi connectivity index (χ1) is 22.1. The number of nitrogens with zero attached hydrogens (tertiary/aromatic N) is 2. The lowest BCUT2D eigenvalue weighted by molar-refractivity contribution is -0.140. The summed E-state index contributed by atoms with van der Waals surface area (Å²) < 4.78 is 29.3. The number of benzene rings is 4. The number of anilines is 1. The summed E-state index contributed by atoms with van der Waals surface area (Å²) in [6.07, 6.45) is 4.11. The van der Waals surface area contributed by atoms with Gasteiger partial charge in [-0.15, -0.1) is 0 Å². The quantitative estimate of drug-likeness (QED) is 0.172. The van der Waals surface area contributed by atoms with Gasteiger partial charge < -0.3 is 10.2 Å². The molecule has 1 saturated carbocycles. The second-order valence-corrected chi connectivity index (χ2v) is 14.4. The Hall–Kier alpha value is -3.85. The third kappa shape index (κ3) is 8.49. The molecule has 10 heteroatoms. The molecule has 0 unspecified atom stereocenters. The number of hydrogen-bond donors (Lipinski definition) is 1. The van der Waals surface area contributed by atoms with E-state index in [-0.39, 0.29) is 35.5 Å². The van der Waals surface area contributed by atoms with Crippen LogP contribution in [0.2, 0.25) is 10.0 Å². The van der Waals surface area contributed by atoms with E-state index in [1.807, 2.05) is 61.5 Å². The number of halogens is 2. The number of amides is 2. The van der Waals surface area contributed by atoms with Crippen LogP contribution in [0.3, 0.4) is 0 Å². The Kier molecular flexibility index (Phi) is 11.0. The van der Waals surface area contributed by atoms with E-state index in [9.17, 15) is 18.0 Å². The maximum absolute atomic E-state index is 14.6. The first-order valence-corrected chi connectivity index (χ1v) is 17.5. The molecule has 1 aliphatic carbocycles. The lowest BCUT2D eigenvalue weighted by atomic mass is 10.0. The van der Waals surface area contributed by atoms with E-state index < -0.39 is 28.5 Å². The number of aryl methyl sites for hydroxylation is 1. The number of carbonyl (C=O) groups excluding carboxylic acids is 2. The zero-order valence-electron chi connectivity index (χ0n) is 25.6. The average Bonchev–Trinajstić information content (AvgIpc) is 3.55. The van der Waals surface area contributed by atoms with Crippen molar-refractivity contribution in [2.75, 3.05) is 10.8 Å². The molecule has 4 aromatic carbocycles. The lowest BCUT2D eigenvalue weighted by Crippen LogP contribution is -2.54. The minimum absolute atomic E-state index is 0.0327. The summed E-state index contributed by atoms with van der Waals surface area (Å²) in [6, 6.07) is 28.5. The fourth-order valence-corrected chi connectivity index (χ4v) is 7.54. The summed E-state index contributed by atoms with van der Waals surface area (Å²) in [4.78, 5) is 30.2. The molecule has 0 bridgehead atoms. The molecule has 7 nitrogen and oxygen atoms in total. The van der Waals surface area contributed by atoms with Crippen LogP contribution in [-0.4, -0.2) is 43.8 Å². The average molecular weight is 679 g/mol. The maximum Gasteiger partial charge on any atom is 0.264 e. The predicted molar refractivity (Wildman–Crippen MR) is 183 cm³/mol. The van der Waals surface area contributed by atoms with Crippen molar-refractivity contribution in [1.29, 1.82) is 0 Å². The highest BCUT2D eigenvalue weighted by molar-refractivity contribution is 7.92. The van der Waals surface area contributed by atoms with Crippen molar-refractivity contribution in [3.63, 3.8) is 0 Å². The molecule has 0 aliphatic heterocycles. The van der Waals surface area contributed by atoms with Gasteiger partial charge in [-0.3, -0.25) is 13.9 Å². The van der Waals surface area contributed by atoms with Gasteiger partial charge in [0.25, 0.3) is 10.0 Å². The molecule has 0 aromatic heterocycles. The first kappa shape index (κ1) is 33.5. The van der Waals surface area contributed by atoms with Crippen molar-refractivity contribution < 1.29 is 18.0 Å². The van der Waals surface area contributed by atoms with Gasteiger partial charge in [-0.2, -0.15) is 0 Å². The Morgan fingerprint density at radius 3 is 2.17 bits per heavy atom. The number of hydrogen-bond acceptors (Lipinski definition) is 4. The van der Waals surface area contributed by atoms with Crippen LogP contribution in [0.5, 0.6) is 0 Å². The van der Waals surface area contributed by atoms with Gasteiger partial charge in [0.15, 0.2) is 0 Å². The Morgan fingerprint density at radius 1 is 0.826 bits per heavy atom. The zero-order valence-corrected chi connectivity index (χ0v) is 27.9. The predicted octanol–water partition coefficient (Wildman–Crippen LogP) is 7.20. The van der Waals surface area contributed by atoms with E-state index in [4.69, 9.17) is 23.2 Å². The van der Waals surface area contributed by atoms with Gasteiger partial charge in [-0.25, -0.2) is 8.42 Å². The van der Waals surface area contributed by atoms with Crippen molar-refractivity contribution in [2.24, 2.45) is 0 Å². The van der Waals surface area contributed by atoms with Crippen LogP contribution in [0.25, 0.3) is 0 Å². The monoisotopic (exact) mass is 677 g/mol. The summed E-state index contributed by atoms with van der Waals surface area (Å²) in [6.45, 7) is 1.52. The van der Waals surface area contributed by atoms with Crippen molar-refractivity contribution >= 4 is 50.7 Å². The van der Waals surface area contributed by atoms with Gasteiger partial charge in [0.05, 0.1) is 10.6 Å². The van der Waals surface area contributed by atoms with Crippen LogP contribution in [0.1, 0.15) is 42.4 Å². The van der Waals surface area contributed by atoms with Crippen LogP contribution in [0.15, 0.2) is 108 Å². The van der Waals surface area contributed by atoms with Gasteiger partial charge in [0, 0.05) is 29.1 Å². The van der Waals surface area contributed by atoms with Crippen LogP contribution in [-0.2, 0) is 32.6 Å². The van der Waals surface area contributed by atoms with E-state index in [0.717, 1.165) is 46.7 Å². The fourth-order valence-electron chi connectivity index (χ4n) is 5.82. The second-order valence-electron chi connectivity index (χ2n) is 11.7. The molecule has 5 rings (SSSR count). The number of nitrogens with one attached hydrogen (secondary N) is 1. The molecular formula is C36H37Cl2N3O4S. The molecule has 1 atom stereocenters. The molecule has 1 aliphatic rings. The van der Waals surface area contributed by atoms with Gasteiger partial charge in [0.1, 0.15) is 12.6 Å². The molecule has 0 spiro atoms. The molecule has 0 heterocycles. The van der Waals surface area contributed by atoms with Crippen molar-refractivity contribution in [3.8, 4) is 0 Å². The molecule has 1 N–H and O–H groups in total. The van der Waals surface area contributed by atoms with E-state index in [1.165, 1.54) is 35.2 Å². The summed E-state index contributed by atoms with van der Waals surface area (Å²) in [7, 11) is -4.25. The first-order valence-electron chi connectivity index (χ1n) is 15.3. The van der Waals surface area contributed by atoms with E-state index in [0.29, 0.717) is 10.0 Å². The minimum atomic E-state index is -4.25. The highest BCUT2D eigenvalue weighted by atomic mass is 35.5. The Bertz CT molecular complexity index is 1760. The fraction of sp³-hybridized carbons (Fsp3) is 0.278. The molecule has 2 amide bonds. The van der Waals surface area contributed by atoms with Crippen LogP contribution in [0, 0.1) is 6.92 Å². The summed E-state index contributed by atoms with van der Waals surface area (Å²) >= 11 is 12.4. The lowest BCUT2D eigenvalue weighted by Gasteiger charge is -2.34. The van der Waals surface area contributed by atoms with Gasteiger partial charge in [0.2, 0.25) is 11.8 Å². The van der Waals surface area contributed by atoms with Crippen molar-refractivity contribution in [2.45, 2.75) is 62.6 Å².